The van der Waals surface area contributed by atoms with Gasteiger partial charge in [0, 0.05) is 47.2 Å². The van der Waals surface area contributed by atoms with Gasteiger partial charge in [-0.25, -0.2) is 8.78 Å². The highest BCUT2D eigenvalue weighted by atomic mass is 19.1. The van der Waals surface area contributed by atoms with Gasteiger partial charge >= 0.3 is 11.9 Å². The monoisotopic (exact) mass is 1060 g/mol. The molecular formula is C68H54F2N2O8. The SMILES string of the molecule is COc1cc(OC)cc(C2(C#N)Cc3c(c4c5c(c3-c3cccc(c3F)C#Cc3cccc(c3)COC(=O)CC/C=C\CCC(=O)OCc3cccc(c3)C#Cc3cccc-4c3F)CC(C#N)(c3cc(OC)cc(OC)c3)C5)C2)c1. The standard InChI is InChI=1S/C68H54F2N2O8/c1-75-51-29-49(30-52(33-51)76-2)67(41-71)35-57-58(36-67)64-56-20-12-18-48(66(56)70)26-24-44-14-10-16-46(28-44)40-80-62(74)22-8-6-5-7-21-61(73)79-39-45-15-9-13-43(27-45)23-25-47-17-11-19-55(65(47)69)63(57)59-37-68(42-72,38-60(59)64)50-31-53(77-3)34-54(32-50)78-4/h5-6,9-20,27-34H,7-8,21-22,35-40H2,1-4H3/b6-5-. The Morgan fingerprint density at radius 3 is 1.20 bits per heavy atom. The van der Waals surface area contributed by atoms with E-state index in [0.29, 0.717) is 103 Å². The van der Waals surface area contributed by atoms with Crippen molar-refractivity contribution in [2.24, 2.45) is 0 Å². The molecule has 12 heteroatoms. The first kappa shape index (κ1) is 53.8. The number of halogens is 2. The van der Waals surface area contributed by atoms with E-state index in [4.69, 9.17) is 28.4 Å². The highest BCUT2D eigenvalue weighted by Crippen LogP contribution is 2.56. The summed E-state index contributed by atoms with van der Waals surface area (Å²) >= 11 is 0. The second-order valence-corrected chi connectivity index (χ2v) is 20.1. The molecule has 11 rings (SSSR count). The zero-order chi connectivity index (χ0) is 56.0. The molecule has 0 unspecified atom stereocenters. The van der Waals surface area contributed by atoms with Gasteiger partial charge in [-0.3, -0.25) is 9.59 Å². The first-order chi connectivity index (χ1) is 38.9. The van der Waals surface area contributed by atoms with Crippen molar-refractivity contribution in [2.75, 3.05) is 28.4 Å². The molecule has 0 fully saturated rings. The van der Waals surface area contributed by atoms with Crippen LogP contribution < -0.4 is 18.9 Å². The number of carbonyl (C=O) groups excluding carboxylic acids is 2. The van der Waals surface area contributed by atoms with Crippen molar-refractivity contribution in [3.63, 3.8) is 0 Å². The number of ether oxygens (including phenoxy) is 6. The molecule has 398 valence electrons. The van der Waals surface area contributed by atoms with Crippen molar-refractivity contribution in [1.82, 2.24) is 0 Å². The van der Waals surface area contributed by atoms with E-state index in [0.717, 1.165) is 0 Å². The Hall–Kier alpha value is -9.62. The van der Waals surface area contributed by atoms with Gasteiger partial charge in [0.25, 0.3) is 0 Å². The van der Waals surface area contributed by atoms with Crippen LogP contribution >= 0.6 is 0 Å². The summed E-state index contributed by atoms with van der Waals surface area (Å²) in [6.07, 6.45) is 5.05. The summed E-state index contributed by atoms with van der Waals surface area (Å²) in [6, 6.07) is 40.3. The molecule has 2 aliphatic carbocycles. The molecule has 2 aliphatic heterocycles. The van der Waals surface area contributed by atoms with Crippen LogP contribution in [0.3, 0.4) is 0 Å². The third kappa shape index (κ3) is 10.8. The van der Waals surface area contributed by atoms with Gasteiger partial charge in [0.15, 0.2) is 0 Å². The molecule has 0 N–H and O–H groups in total. The van der Waals surface area contributed by atoms with Crippen LogP contribution in [0.2, 0.25) is 0 Å². The quantitative estimate of drug-likeness (QED) is 0.0899. The van der Waals surface area contributed by atoms with Crippen LogP contribution in [0.4, 0.5) is 8.78 Å². The van der Waals surface area contributed by atoms with Crippen molar-refractivity contribution in [3.8, 4) is 81.1 Å². The number of methoxy groups -OCH3 is 4. The van der Waals surface area contributed by atoms with E-state index in [1.54, 1.807) is 109 Å². The predicted octanol–water partition coefficient (Wildman–Crippen LogP) is 12.5. The third-order valence-electron chi connectivity index (χ3n) is 15.2. The lowest BCUT2D eigenvalue weighted by Gasteiger charge is -2.24. The van der Waals surface area contributed by atoms with E-state index >= 15 is 8.78 Å². The molecule has 7 aromatic rings. The smallest absolute Gasteiger partial charge is 0.306 e. The van der Waals surface area contributed by atoms with Crippen molar-refractivity contribution < 1.29 is 46.8 Å². The maximum Gasteiger partial charge on any atom is 0.306 e. The minimum Gasteiger partial charge on any atom is -0.497 e. The minimum absolute atomic E-state index is 0.00309. The summed E-state index contributed by atoms with van der Waals surface area (Å²) in [6.45, 7) is 0.00617. The van der Waals surface area contributed by atoms with Crippen molar-refractivity contribution in [2.45, 2.75) is 75.4 Å². The van der Waals surface area contributed by atoms with Crippen LogP contribution in [0.1, 0.15) is 92.4 Å². The molecule has 0 atom stereocenters. The Balaban J connectivity index is 1.22. The van der Waals surface area contributed by atoms with Gasteiger partial charge in [-0.1, -0.05) is 84.4 Å². The second kappa shape index (κ2) is 23.1. The van der Waals surface area contributed by atoms with E-state index in [1.165, 1.54) is 28.4 Å². The van der Waals surface area contributed by atoms with Crippen molar-refractivity contribution >= 4 is 11.9 Å². The lowest BCUT2D eigenvalue weighted by atomic mass is 9.77. The Morgan fingerprint density at radius 2 is 0.850 bits per heavy atom. The Labute approximate surface area is 464 Å². The van der Waals surface area contributed by atoms with Crippen molar-refractivity contribution in [3.05, 3.63) is 212 Å². The summed E-state index contributed by atoms with van der Waals surface area (Å²) in [4.78, 5) is 25.5. The number of hydrogen-bond acceptors (Lipinski definition) is 10. The number of nitrogens with zero attached hydrogens (tertiary/aromatic N) is 2. The van der Waals surface area contributed by atoms with Gasteiger partial charge in [0.05, 0.1) is 62.5 Å². The molecule has 0 spiro atoms. The van der Waals surface area contributed by atoms with E-state index in [1.807, 2.05) is 24.3 Å². The zero-order valence-corrected chi connectivity index (χ0v) is 44.7. The molecule has 0 amide bonds. The number of fused-ring (bicyclic) bond motifs is 10. The van der Waals surface area contributed by atoms with Crippen LogP contribution in [0, 0.1) is 58.0 Å². The van der Waals surface area contributed by atoms with Crippen molar-refractivity contribution in [1.29, 1.82) is 10.5 Å². The van der Waals surface area contributed by atoms with Crippen LogP contribution in [0.25, 0.3) is 22.3 Å². The van der Waals surface area contributed by atoms with E-state index in [-0.39, 0.29) is 74.0 Å². The lowest BCUT2D eigenvalue weighted by molar-refractivity contribution is -0.145. The van der Waals surface area contributed by atoms with Crippen LogP contribution in [-0.2, 0) is 68.8 Å². The number of esters is 2. The molecule has 2 heterocycles. The average molecular weight is 1070 g/mol. The summed E-state index contributed by atoms with van der Waals surface area (Å²) < 4.78 is 70.1. The number of carbonyl (C=O) groups is 2. The molecule has 10 bridgehead atoms. The van der Waals surface area contributed by atoms with Gasteiger partial charge in [-0.15, -0.1) is 0 Å². The normalized spacial score (nSPS) is 15.7. The third-order valence-corrected chi connectivity index (χ3v) is 15.2. The number of allylic oxidation sites excluding steroid dienone is 2. The minimum atomic E-state index is -1.30. The highest BCUT2D eigenvalue weighted by molar-refractivity contribution is 5.88. The molecular weight excluding hydrogens is 1010 g/mol. The van der Waals surface area contributed by atoms with Crippen LogP contribution in [0.15, 0.2) is 133 Å². The molecule has 0 aromatic heterocycles. The molecule has 10 nitrogen and oxygen atoms in total. The van der Waals surface area contributed by atoms with E-state index < -0.39 is 34.4 Å². The Bertz CT molecular complexity index is 3550. The molecule has 80 heavy (non-hydrogen) atoms. The van der Waals surface area contributed by atoms with E-state index in [9.17, 15) is 20.1 Å². The molecule has 0 radical (unpaired) electrons. The fourth-order valence-corrected chi connectivity index (χ4v) is 11.1. The second-order valence-electron chi connectivity index (χ2n) is 20.1. The fraction of sp³-hybridized carbons (Fsp3) is 0.235. The van der Waals surface area contributed by atoms with Crippen LogP contribution in [-0.4, -0.2) is 40.4 Å². The van der Waals surface area contributed by atoms with Gasteiger partial charge < -0.3 is 28.4 Å². The lowest BCUT2D eigenvalue weighted by Crippen LogP contribution is -2.26. The van der Waals surface area contributed by atoms with E-state index in [2.05, 4.69) is 35.8 Å². The number of hydrogen-bond donors (Lipinski definition) is 0. The largest absolute Gasteiger partial charge is 0.497 e. The number of benzene rings is 7. The number of nitriles is 2. The molecule has 0 saturated carbocycles. The van der Waals surface area contributed by atoms with Crippen LogP contribution in [0.5, 0.6) is 23.0 Å². The maximum atomic E-state index is 18.0. The number of rotatable bonds is 6. The fourth-order valence-electron chi connectivity index (χ4n) is 11.1. The average Bonchev–Trinajstić information content (AvgIpc) is 2.77. The molecule has 4 aliphatic rings. The Morgan fingerprint density at radius 1 is 0.487 bits per heavy atom. The molecule has 0 saturated heterocycles. The highest BCUT2D eigenvalue weighted by Gasteiger charge is 2.49. The summed E-state index contributed by atoms with van der Waals surface area (Å²) in [5, 5.41) is 23.2. The topological polar surface area (TPSA) is 137 Å². The molecule has 7 aromatic carbocycles. The van der Waals surface area contributed by atoms with Gasteiger partial charge in [-0.05, 0) is 155 Å². The maximum absolute atomic E-state index is 18.0. The van der Waals surface area contributed by atoms with Gasteiger partial charge in [0.2, 0.25) is 0 Å². The first-order valence-electron chi connectivity index (χ1n) is 26.2. The van der Waals surface area contributed by atoms with Gasteiger partial charge in [0.1, 0.15) is 47.8 Å². The summed E-state index contributed by atoms with van der Waals surface area (Å²) in [5.41, 5.74) is 5.08. The predicted molar refractivity (Wildman–Crippen MR) is 298 cm³/mol. The summed E-state index contributed by atoms with van der Waals surface area (Å²) in [7, 11) is 6.12. The summed E-state index contributed by atoms with van der Waals surface area (Å²) in [5.74, 6) is 12.2. The Kier molecular flexibility index (Phi) is 15.6. The zero-order valence-electron chi connectivity index (χ0n) is 44.7. The first-order valence-corrected chi connectivity index (χ1v) is 26.2. The van der Waals surface area contributed by atoms with Gasteiger partial charge in [-0.2, -0.15) is 10.5 Å².